The molecular weight excluding hydrogens is 406 g/mol. The van der Waals surface area contributed by atoms with Crippen molar-refractivity contribution in [1.82, 2.24) is 5.32 Å². The molecule has 2 fully saturated rings. The fraction of sp³-hybridized carbons (Fsp3) is 0.385. The molecule has 1 aliphatic heterocycles. The van der Waals surface area contributed by atoms with Crippen molar-refractivity contribution < 1.29 is 23.8 Å². The Morgan fingerprint density at radius 1 is 1.19 bits per heavy atom. The molecule has 2 aliphatic rings. The molecule has 4 rings (SSSR count). The van der Waals surface area contributed by atoms with Gasteiger partial charge in [-0.2, -0.15) is 0 Å². The first-order valence-electron chi connectivity index (χ1n) is 10.9. The maximum absolute atomic E-state index is 12.6. The standard InChI is InChI=1S/C26H29NO5/c1-17-13-21-16-32-25(29)26(21,14-17)15-18-7-9-20(10-8-18)24(28)27-12-11-19-5-4-6-22(30-2)23(19)31-3/h4-10,21H,1,11-16H2,2-3H3,(H,27,28)/t21-,26+/m1/s1. The van der Waals surface area contributed by atoms with Crippen LogP contribution in [0.15, 0.2) is 54.6 Å². The van der Waals surface area contributed by atoms with Crippen molar-refractivity contribution in [3.05, 3.63) is 71.3 Å². The number of carbonyl (C=O) groups is 2. The number of ether oxygens (including phenoxy) is 3. The van der Waals surface area contributed by atoms with Gasteiger partial charge in [0.15, 0.2) is 11.5 Å². The number of amides is 1. The number of hydrogen-bond donors (Lipinski definition) is 1. The molecule has 0 aromatic heterocycles. The van der Waals surface area contributed by atoms with Crippen LogP contribution in [0, 0.1) is 11.3 Å². The Kier molecular flexibility index (Phi) is 6.21. The van der Waals surface area contributed by atoms with Crippen molar-refractivity contribution in [2.24, 2.45) is 11.3 Å². The Bertz CT molecular complexity index is 1030. The summed E-state index contributed by atoms with van der Waals surface area (Å²) in [4.78, 5) is 25.1. The number of allylic oxidation sites excluding steroid dienone is 1. The van der Waals surface area contributed by atoms with Crippen molar-refractivity contribution in [1.29, 1.82) is 0 Å². The predicted octanol–water partition coefficient (Wildman–Crippen LogP) is 3.73. The number of rotatable bonds is 8. The molecule has 1 aliphatic carbocycles. The summed E-state index contributed by atoms with van der Waals surface area (Å²) in [6.07, 6.45) is 2.78. The number of cyclic esters (lactones) is 1. The summed E-state index contributed by atoms with van der Waals surface area (Å²) in [5.41, 5.74) is 3.22. The molecule has 0 spiro atoms. The molecule has 0 bridgehead atoms. The highest BCUT2D eigenvalue weighted by Gasteiger charge is 2.55. The number of methoxy groups -OCH3 is 2. The van der Waals surface area contributed by atoms with Crippen LogP contribution in [0.2, 0.25) is 0 Å². The highest BCUT2D eigenvalue weighted by atomic mass is 16.5. The van der Waals surface area contributed by atoms with Gasteiger partial charge in [-0.3, -0.25) is 9.59 Å². The predicted molar refractivity (Wildman–Crippen MR) is 121 cm³/mol. The number of carbonyl (C=O) groups excluding carboxylic acids is 2. The van der Waals surface area contributed by atoms with Crippen LogP contribution in [0.1, 0.15) is 34.3 Å². The zero-order valence-corrected chi connectivity index (χ0v) is 18.6. The molecule has 1 N–H and O–H groups in total. The van der Waals surface area contributed by atoms with E-state index in [1.807, 2.05) is 42.5 Å². The Morgan fingerprint density at radius 2 is 1.97 bits per heavy atom. The molecular formula is C26H29NO5. The summed E-state index contributed by atoms with van der Waals surface area (Å²) >= 11 is 0. The van der Waals surface area contributed by atoms with Crippen LogP contribution in [-0.4, -0.2) is 39.2 Å². The van der Waals surface area contributed by atoms with Crippen LogP contribution < -0.4 is 14.8 Å². The average molecular weight is 436 g/mol. The van der Waals surface area contributed by atoms with Crippen LogP contribution in [0.25, 0.3) is 0 Å². The quantitative estimate of drug-likeness (QED) is 0.505. The normalized spacial score (nSPS) is 21.8. The van der Waals surface area contributed by atoms with Crippen LogP contribution in [0.3, 0.4) is 0 Å². The molecule has 1 saturated heterocycles. The van der Waals surface area contributed by atoms with E-state index in [1.54, 1.807) is 14.2 Å². The minimum absolute atomic E-state index is 0.115. The van der Waals surface area contributed by atoms with E-state index in [1.165, 1.54) is 0 Å². The van der Waals surface area contributed by atoms with Gasteiger partial charge in [0, 0.05) is 18.0 Å². The number of fused-ring (bicyclic) bond motifs is 1. The molecule has 0 radical (unpaired) electrons. The van der Waals surface area contributed by atoms with E-state index in [2.05, 4.69) is 11.9 Å². The lowest BCUT2D eigenvalue weighted by Gasteiger charge is -2.24. The summed E-state index contributed by atoms with van der Waals surface area (Å²) in [5.74, 6) is 1.32. The van der Waals surface area contributed by atoms with Gasteiger partial charge in [0.1, 0.15) is 0 Å². The van der Waals surface area contributed by atoms with E-state index in [0.717, 1.165) is 23.1 Å². The molecule has 1 saturated carbocycles. The van der Waals surface area contributed by atoms with Gasteiger partial charge in [0.25, 0.3) is 5.91 Å². The van der Waals surface area contributed by atoms with E-state index >= 15 is 0 Å². The number of para-hydroxylation sites is 1. The fourth-order valence-corrected chi connectivity index (χ4v) is 4.96. The summed E-state index contributed by atoms with van der Waals surface area (Å²) in [6.45, 7) is 5.05. The topological polar surface area (TPSA) is 73.9 Å². The van der Waals surface area contributed by atoms with Crippen molar-refractivity contribution in [2.75, 3.05) is 27.4 Å². The van der Waals surface area contributed by atoms with E-state index in [4.69, 9.17) is 14.2 Å². The second-order valence-corrected chi connectivity index (χ2v) is 8.61. The zero-order chi connectivity index (χ0) is 22.7. The van der Waals surface area contributed by atoms with Crippen molar-refractivity contribution in [3.63, 3.8) is 0 Å². The molecule has 1 amide bonds. The van der Waals surface area contributed by atoms with Gasteiger partial charge in [-0.1, -0.05) is 36.4 Å². The number of benzene rings is 2. The summed E-state index contributed by atoms with van der Waals surface area (Å²) in [6, 6.07) is 13.2. The summed E-state index contributed by atoms with van der Waals surface area (Å²) in [7, 11) is 3.21. The Morgan fingerprint density at radius 3 is 2.69 bits per heavy atom. The third-order valence-corrected chi connectivity index (χ3v) is 6.60. The first-order valence-corrected chi connectivity index (χ1v) is 10.9. The molecule has 2 atom stereocenters. The highest BCUT2D eigenvalue weighted by Crippen LogP contribution is 2.52. The largest absolute Gasteiger partial charge is 0.493 e. The zero-order valence-electron chi connectivity index (χ0n) is 18.6. The molecule has 2 aromatic carbocycles. The number of hydrogen-bond acceptors (Lipinski definition) is 5. The highest BCUT2D eigenvalue weighted by molar-refractivity contribution is 5.94. The van der Waals surface area contributed by atoms with Crippen molar-refractivity contribution >= 4 is 11.9 Å². The maximum atomic E-state index is 12.6. The van der Waals surface area contributed by atoms with Crippen LogP contribution in [0.4, 0.5) is 0 Å². The molecule has 168 valence electrons. The molecule has 6 heteroatoms. The van der Waals surface area contributed by atoms with Gasteiger partial charge in [-0.25, -0.2) is 0 Å². The lowest BCUT2D eigenvalue weighted by molar-refractivity contribution is -0.146. The Labute approximate surface area is 188 Å². The van der Waals surface area contributed by atoms with Crippen LogP contribution >= 0.6 is 0 Å². The summed E-state index contributed by atoms with van der Waals surface area (Å²) in [5, 5.41) is 2.96. The van der Waals surface area contributed by atoms with Crippen LogP contribution in [0.5, 0.6) is 11.5 Å². The molecule has 1 heterocycles. The van der Waals surface area contributed by atoms with E-state index in [-0.39, 0.29) is 17.8 Å². The SMILES string of the molecule is C=C1C[C@@H]2COC(=O)[C@]2(Cc2ccc(C(=O)NCCc3cccc(OC)c3OC)cc2)C1. The fourth-order valence-electron chi connectivity index (χ4n) is 4.96. The van der Waals surface area contributed by atoms with Gasteiger partial charge in [-0.15, -0.1) is 0 Å². The summed E-state index contributed by atoms with van der Waals surface area (Å²) < 4.78 is 16.1. The minimum Gasteiger partial charge on any atom is -0.493 e. The third kappa shape index (κ3) is 4.09. The van der Waals surface area contributed by atoms with Crippen molar-refractivity contribution in [2.45, 2.75) is 25.7 Å². The number of nitrogens with one attached hydrogen (secondary N) is 1. The van der Waals surface area contributed by atoms with E-state index in [9.17, 15) is 9.59 Å². The minimum atomic E-state index is -0.489. The first kappa shape index (κ1) is 21.9. The van der Waals surface area contributed by atoms with E-state index in [0.29, 0.717) is 49.5 Å². The van der Waals surface area contributed by atoms with E-state index < -0.39 is 5.41 Å². The van der Waals surface area contributed by atoms with Crippen LogP contribution in [-0.2, 0) is 22.4 Å². The van der Waals surface area contributed by atoms with Gasteiger partial charge < -0.3 is 19.5 Å². The molecule has 32 heavy (non-hydrogen) atoms. The third-order valence-electron chi connectivity index (χ3n) is 6.60. The average Bonchev–Trinajstić information content (AvgIpc) is 3.27. The molecule has 2 aromatic rings. The van der Waals surface area contributed by atoms with Gasteiger partial charge in [-0.05, 0) is 55.0 Å². The van der Waals surface area contributed by atoms with Gasteiger partial charge in [0.2, 0.25) is 0 Å². The van der Waals surface area contributed by atoms with Gasteiger partial charge in [0.05, 0.1) is 26.2 Å². The first-order chi connectivity index (χ1) is 15.5. The van der Waals surface area contributed by atoms with Gasteiger partial charge >= 0.3 is 5.97 Å². The lowest BCUT2D eigenvalue weighted by Crippen LogP contribution is -2.31. The Hall–Kier alpha value is -3.28. The second kappa shape index (κ2) is 9.07. The van der Waals surface area contributed by atoms with Crippen molar-refractivity contribution in [3.8, 4) is 11.5 Å². The monoisotopic (exact) mass is 435 g/mol. The molecule has 6 nitrogen and oxygen atoms in total. The number of esters is 1. The maximum Gasteiger partial charge on any atom is 0.313 e. The molecule has 0 unspecified atom stereocenters. The Balaban J connectivity index is 1.36. The lowest BCUT2D eigenvalue weighted by atomic mass is 9.75. The second-order valence-electron chi connectivity index (χ2n) is 8.61. The smallest absolute Gasteiger partial charge is 0.313 e.